The van der Waals surface area contributed by atoms with Crippen LogP contribution < -0.4 is 0 Å². The van der Waals surface area contributed by atoms with Gasteiger partial charge in [-0.3, -0.25) is 0 Å². The zero-order valence-corrected chi connectivity index (χ0v) is 14.8. The minimum Gasteiger partial charge on any atom is -0.324 e. The van der Waals surface area contributed by atoms with Crippen LogP contribution in [0.25, 0.3) is 11.0 Å². The van der Waals surface area contributed by atoms with Gasteiger partial charge in [0.2, 0.25) is 0 Å². The standard InChI is InChI=1S/C16H21Cl3N2/c1-3-4-5-6-7-11(2)21-15-9-13(19)12(18)8-14(15)20-16(21)10-17/h8-9,11H,3-7,10H2,1-2H3. The van der Waals surface area contributed by atoms with Gasteiger partial charge in [0.05, 0.1) is 27.0 Å². The lowest BCUT2D eigenvalue weighted by Crippen LogP contribution is -2.08. The lowest BCUT2D eigenvalue weighted by molar-refractivity contribution is 0.473. The molecule has 0 aliphatic heterocycles. The van der Waals surface area contributed by atoms with Crippen LogP contribution in [0.1, 0.15) is 57.8 Å². The molecule has 5 heteroatoms. The van der Waals surface area contributed by atoms with Crippen molar-refractivity contribution in [2.24, 2.45) is 0 Å². The SMILES string of the molecule is CCCCCCC(C)n1c(CCl)nc2cc(Cl)c(Cl)cc21. The fourth-order valence-electron chi connectivity index (χ4n) is 2.72. The van der Waals surface area contributed by atoms with Crippen molar-refractivity contribution >= 4 is 45.8 Å². The van der Waals surface area contributed by atoms with E-state index in [1.165, 1.54) is 25.7 Å². The monoisotopic (exact) mass is 346 g/mol. The molecule has 0 aliphatic rings. The fraction of sp³-hybridized carbons (Fsp3) is 0.562. The van der Waals surface area contributed by atoms with E-state index in [0.29, 0.717) is 22.0 Å². The van der Waals surface area contributed by atoms with Gasteiger partial charge in [-0.1, -0.05) is 55.8 Å². The normalized spacial score (nSPS) is 13.0. The highest BCUT2D eigenvalue weighted by molar-refractivity contribution is 6.42. The van der Waals surface area contributed by atoms with Crippen molar-refractivity contribution in [2.75, 3.05) is 0 Å². The molecule has 1 atom stereocenters. The second-order valence-corrected chi connectivity index (χ2v) is 6.57. The second kappa shape index (κ2) is 7.71. The summed E-state index contributed by atoms with van der Waals surface area (Å²) in [6.45, 7) is 4.44. The average Bonchev–Trinajstić information content (AvgIpc) is 2.81. The molecule has 1 aromatic heterocycles. The van der Waals surface area contributed by atoms with Crippen molar-refractivity contribution in [3.63, 3.8) is 0 Å². The van der Waals surface area contributed by atoms with Gasteiger partial charge in [0.1, 0.15) is 5.82 Å². The van der Waals surface area contributed by atoms with Crippen molar-refractivity contribution in [2.45, 2.75) is 57.9 Å². The van der Waals surface area contributed by atoms with Crippen molar-refractivity contribution < 1.29 is 0 Å². The first-order valence-corrected chi connectivity index (χ1v) is 8.79. The predicted molar refractivity (Wildman–Crippen MR) is 92.8 cm³/mol. The number of rotatable bonds is 7. The lowest BCUT2D eigenvalue weighted by atomic mass is 10.1. The van der Waals surface area contributed by atoms with Crippen LogP contribution in [-0.4, -0.2) is 9.55 Å². The molecule has 0 fully saturated rings. The molecular weight excluding hydrogens is 327 g/mol. The molecule has 2 aromatic rings. The minimum absolute atomic E-state index is 0.359. The number of imidazole rings is 1. The van der Waals surface area contributed by atoms with E-state index in [-0.39, 0.29) is 0 Å². The third kappa shape index (κ3) is 3.85. The molecule has 0 saturated carbocycles. The summed E-state index contributed by atoms with van der Waals surface area (Å²) in [5.74, 6) is 1.27. The Morgan fingerprint density at radius 2 is 1.86 bits per heavy atom. The number of hydrogen-bond acceptors (Lipinski definition) is 1. The first kappa shape index (κ1) is 16.9. The van der Waals surface area contributed by atoms with Gasteiger partial charge in [-0.15, -0.1) is 11.6 Å². The zero-order valence-electron chi connectivity index (χ0n) is 12.5. The van der Waals surface area contributed by atoms with E-state index in [2.05, 4.69) is 23.4 Å². The van der Waals surface area contributed by atoms with Crippen molar-refractivity contribution in [1.82, 2.24) is 9.55 Å². The molecule has 1 heterocycles. The molecule has 2 rings (SSSR count). The third-order valence-electron chi connectivity index (χ3n) is 3.84. The maximum absolute atomic E-state index is 6.16. The molecule has 21 heavy (non-hydrogen) atoms. The van der Waals surface area contributed by atoms with E-state index in [1.54, 1.807) is 0 Å². The smallest absolute Gasteiger partial charge is 0.125 e. The van der Waals surface area contributed by atoms with E-state index in [4.69, 9.17) is 34.8 Å². The molecule has 0 bridgehead atoms. The number of alkyl halides is 1. The van der Waals surface area contributed by atoms with Crippen LogP contribution >= 0.6 is 34.8 Å². The molecule has 2 nitrogen and oxygen atoms in total. The van der Waals surface area contributed by atoms with E-state index in [0.717, 1.165) is 23.3 Å². The molecule has 0 N–H and O–H groups in total. The quantitative estimate of drug-likeness (QED) is 0.407. The highest BCUT2D eigenvalue weighted by Crippen LogP contribution is 2.31. The highest BCUT2D eigenvalue weighted by Gasteiger charge is 2.16. The summed E-state index contributed by atoms with van der Waals surface area (Å²) in [4.78, 5) is 4.59. The largest absolute Gasteiger partial charge is 0.324 e. The van der Waals surface area contributed by atoms with Crippen LogP contribution in [0.15, 0.2) is 12.1 Å². The van der Waals surface area contributed by atoms with Gasteiger partial charge in [0.25, 0.3) is 0 Å². The average molecular weight is 348 g/mol. The van der Waals surface area contributed by atoms with Crippen LogP contribution in [-0.2, 0) is 5.88 Å². The van der Waals surface area contributed by atoms with Gasteiger partial charge in [0.15, 0.2) is 0 Å². The molecular formula is C16H21Cl3N2. The molecule has 0 radical (unpaired) electrons. The number of halogens is 3. The summed E-state index contributed by atoms with van der Waals surface area (Å²) in [6.07, 6.45) is 6.16. The topological polar surface area (TPSA) is 17.8 Å². The summed E-state index contributed by atoms with van der Waals surface area (Å²) in [7, 11) is 0. The summed E-state index contributed by atoms with van der Waals surface area (Å²) in [5.41, 5.74) is 1.88. The number of unbranched alkanes of at least 4 members (excludes halogenated alkanes) is 3. The zero-order chi connectivity index (χ0) is 15.4. The second-order valence-electron chi connectivity index (χ2n) is 5.49. The molecule has 0 spiro atoms. The number of benzene rings is 1. The summed E-state index contributed by atoms with van der Waals surface area (Å²) < 4.78 is 2.20. The van der Waals surface area contributed by atoms with Gasteiger partial charge in [0, 0.05) is 6.04 Å². The third-order valence-corrected chi connectivity index (χ3v) is 4.80. The van der Waals surface area contributed by atoms with Gasteiger partial charge < -0.3 is 4.57 Å². The van der Waals surface area contributed by atoms with Crippen LogP contribution in [0.4, 0.5) is 0 Å². The molecule has 1 aromatic carbocycles. The molecule has 0 saturated heterocycles. The summed E-state index contributed by atoms with van der Waals surface area (Å²) in [6, 6.07) is 4.07. The minimum atomic E-state index is 0.359. The van der Waals surface area contributed by atoms with Crippen molar-refractivity contribution in [1.29, 1.82) is 0 Å². The van der Waals surface area contributed by atoms with Gasteiger partial charge >= 0.3 is 0 Å². The summed E-state index contributed by atoms with van der Waals surface area (Å²) >= 11 is 18.3. The van der Waals surface area contributed by atoms with Gasteiger partial charge in [-0.2, -0.15) is 0 Å². The Bertz CT molecular complexity index is 607. The Morgan fingerprint density at radius 3 is 2.52 bits per heavy atom. The number of hydrogen-bond donors (Lipinski definition) is 0. The Labute approximate surface area is 141 Å². The van der Waals surface area contributed by atoms with Crippen molar-refractivity contribution in [3.8, 4) is 0 Å². The number of fused-ring (bicyclic) bond motifs is 1. The van der Waals surface area contributed by atoms with E-state index in [1.807, 2.05) is 12.1 Å². The van der Waals surface area contributed by atoms with Crippen LogP contribution in [0.2, 0.25) is 10.0 Å². The first-order valence-electron chi connectivity index (χ1n) is 7.50. The Kier molecular flexibility index (Phi) is 6.21. The molecule has 0 amide bonds. The Hall–Kier alpha value is -0.440. The Morgan fingerprint density at radius 1 is 1.14 bits per heavy atom. The Balaban J connectivity index is 2.30. The maximum Gasteiger partial charge on any atom is 0.125 e. The molecule has 0 aliphatic carbocycles. The number of nitrogens with zero attached hydrogens (tertiary/aromatic N) is 2. The van der Waals surface area contributed by atoms with Gasteiger partial charge in [-0.25, -0.2) is 4.98 Å². The fourth-order valence-corrected chi connectivity index (χ4v) is 3.23. The van der Waals surface area contributed by atoms with E-state index < -0.39 is 0 Å². The van der Waals surface area contributed by atoms with E-state index >= 15 is 0 Å². The molecule has 1 unspecified atom stereocenters. The number of aromatic nitrogens is 2. The van der Waals surface area contributed by atoms with Crippen molar-refractivity contribution in [3.05, 3.63) is 28.0 Å². The van der Waals surface area contributed by atoms with Crippen LogP contribution in [0, 0.1) is 0 Å². The van der Waals surface area contributed by atoms with Crippen LogP contribution in [0.5, 0.6) is 0 Å². The maximum atomic E-state index is 6.16. The molecule has 116 valence electrons. The highest BCUT2D eigenvalue weighted by atomic mass is 35.5. The van der Waals surface area contributed by atoms with E-state index in [9.17, 15) is 0 Å². The first-order chi connectivity index (χ1) is 10.1. The van der Waals surface area contributed by atoms with Gasteiger partial charge in [-0.05, 0) is 25.5 Å². The predicted octanol–water partition coefficient (Wildman–Crippen LogP) is 6.61. The van der Waals surface area contributed by atoms with Crippen LogP contribution in [0.3, 0.4) is 0 Å². The summed E-state index contributed by atoms with van der Waals surface area (Å²) in [5, 5.41) is 1.09. The lowest BCUT2D eigenvalue weighted by Gasteiger charge is -2.17.